The molecule has 0 saturated heterocycles. The van der Waals surface area contributed by atoms with Gasteiger partial charge in [0.05, 0.1) is 16.3 Å². The molecule has 21 heavy (non-hydrogen) atoms. The molecule has 2 aromatic carbocycles. The molecule has 7 heteroatoms. The van der Waals surface area contributed by atoms with Gasteiger partial charge in [-0.25, -0.2) is 9.18 Å². The Hall–Kier alpha value is -2.60. The van der Waals surface area contributed by atoms with E-state index in [9.17, 15) is 19.1 Å². The standard InChI is InChI=1S/C14H9ClFNO4/c15-8-4-1-3-7(14(20)21)12(8)17-13(19)11-9(16)5-2-6-10(11)18/h1-6,18H,(H,17,19)(H,20,21). The van der Waals surface area contributed by atoms with E-state index in [-0.39, 0.29) is 16.3 Å². The van der Waals surface area contributed by atoms with Crippen LogP contribution in [0.25, 0.3) is 0 Å². The van der Waals surface area contributed by atoms with Crippen molar-refractivity contribution in [2.75, 3.05) is 5.32 Å². The fourth-order valence-electron chi connectivity index (χ4n) is 1.74. The number of amides is 1. The minimum atomic E-state index is -1.30. The number of nitrogens with one attached hydrogen (secondary N) is 1. The molecule has 3 N–H and O–H groups in total. The van der Waals surface area contributed by atoms with Gasteiger partial charge in [-0.3, -0.25) is 4.79 Å². The van der Waals surface area contributed by atoms with Crippen LogP contribution in [0.4, 0.5) is 10.1 Å². The molecule has 0 atom stereocenters. The molecule has 1 amide bonds. The van der Waals surface area contributed by atoms with Gasteiger partial charge in [-0.05, 0) is 24.3 Å². The molecule has 0 unspecified atom stereocenters. The van der Waals surface area contributed by atoms with Gasteiger partial charge in [0.2, 0.25) is 0 Å². The van der Waals surface area contributed by atoms with Crippen LogP contribution in [-0.4, -0.2) is 22.1 Å². The second-order valence-electron chi connectivity index (χ2n) is 4.06. The predicted octanol–water partition coefficient (Wildman–Crippen LogP) is 3.14. The summed E-state index contributed by atoms with van der Waals surface area (Å²) in [6, 6.07) is 7.40. The van der Waals surface area contributed by atoms with E-state index < -0.39 is 29.0 Å². The number of para-hydroxylation sites is 1. The molecular weight excluding hydrogens is 301 g/mol. The topological polar surface area (TPSA) is 86.6 Å². The van der Waals surface area contributed by atoms with Gasteiger partial charge >= 0.3 is 5.97 Å². The van der Waals surface area contributed by atoms with Gasteiger partial charge in [0.1, 0.15) is 17.1 Å². The molecule has 5 nitrogen and oxygen atoms in total. The van der Waals surface area contributed by atoms with Crippen molar-refractivity contribution in [1.82, 2.24) is 0 Å². The molecule has 108 valence electrons. The van der Waals surface area contributed by atoms with Crippen LogP contribution in [0.1, 0.15) is 20.7 Å². The molecule has 0 fully saturated rings. The molecular formula is C14H9ClFNO4. The number of carbonyl (C=O) groups is 2. The fourth-order valence-corrected chi connectivity index (χ4v) is 1.96. The Morgan fingerprint density at radius 1 is 1.14 bits per heavy atom. The number of carboxylic acids is 1. The Morgan fingerprint density at radius 3 is 2.43 bits per heavy atom. The lowest BCUT2D eigenvalue weighted by Crippen LogP contribution is -2.16. The van der Waals surface area contributed by atoms with Crippen LogP contribution >= 0.6 is 11.6 Å². The maximum absolute atomic E-state index is 13.6. The smallest absolute Gasteiger partial charge is 0.337 e. The number of halogens is 2. The van der Waals surface area contributed by atoms with Crippen molar-refractivity contribution in [2.45, 2.75) is 0 Å². The zero-order valence-corrected chi connectivity index (χ0v) is 11.2. The van der Waals surface area contributed by atoms with Crippen LogP contribution in [0.15, 0.2) is 36.4 Å². The number of anilines is 1. The van der Waals surface area contributed by atoms with Crippen LogP contribution in [0.2, 0.25) is 5.02 Å². The molecule has 0 aliphatic rings. The zero-order chi connectivity index (χ0) is 15.6. The summed E-state index contributed by atoms with van der Waals surface area (Å²) in [6.45, 7) is 0. The Kier molecular flexibility index (Phi) is 4.09. The summed E-state index contributed by atoms with van der Waals surface area (Å²) in [4.78, 5) is 23.1. The van der Waals surface area contributed by atoms with Crippen LogP contribution in [0, 0.1) is 5.82 Å². The van der Waals surface area contributed by atoms with Crippen molar-refractivity contribution in [1.29, 1.82) is 0 Å². The number of aromatic carboxylic acids is 1. The van der Waals surface area contributed by atoms with E-state index >= 15 is 0 Å². The van der Waals surface area contributed by atoms with E-state index in [1.54, 1.807) is 0 Å². The monoisotopic (exact) mass is 309 g/mol. The zero-order valence-electron chi connectivity index (χ0n) is 10.4. The molecule has 0 aliphatic carbocycles. The summed E-state index contributed by atoms with van der Waals surface area (Å²) in [5.74, 6) is -3.79. The van der Waals surface area contributed by atoms with Crippen LogP contribution in [0.3, 0.4) is 0 Å². The van der Waals surface area contributed by atoms with Crippen LogP contribution in [-0.2, 0) is 0 Å². The predicted molar refractivity (Wildman–Crippen MR) is 74.4 cm³/mol. The average Bonchev–Trinajstić information content (AvgIpc) is 2.40. The third-order valence-corrected chi connectivity index (χ3v) is 3.02. The second kappa shape index (κ2) is 5.80. The number of carboxylic acid groups (broad SMARTS) is 1. The summed E-state index contributed by atoms with van der Waals surface area (Å²) in [7, 11) is 0. The fraction of sp³-hybridized carbons (Fsp3) is 0. The minimum Gasteiger partial charge on any atom is -0.507 e. The Labute approximate surface area is 123 Å². The van der Waals surface area contributed by atoms with Gasteiger partial charge in [-0.1, -0.05) is 23.7 Å². The number of aromatic hydroxyl groups is 1. The minimum absolute atomic E-state index is 0.0147. The van der Waals surface area contributed by atoms with Gasteiger partial charge in [-0.15, -0.1) is 0 Å². The first-order valence-corrected chi connectivity index (χ1v) is 6.10. The van der Waals surface area contributed by atoms with Crippen molar-refractivity contribution in [2.24, 2.45) is 0 Å². The third-order valence-electron chi connectivity index (χ3n) is 2.70. The Morgan fingerprint density at radius 2 is 1.81 bits per heavy atom. The molecule has 0 saturated carbocycles. The number of benzene rings is 2. The van der Waals surface area contributed by atoms with Gasteiger partial charge in [0.25, 0.3) is 5.91 Å². The summed E-state index contributed by atoms with van der Waals surface area (Å²) < 4.78 is 13.6. The highest BCUT2D eigenvalue weighted by molar-refractivity contribution is 6.35. The molecule has 0 heterocycles. The van der Waals surface area contributed by atoms with Crippen molar-refractivity contribution >= 4 is 29.2 Å². The van der Waals surface area contributed by atoms with Crippen molar-refractivity contribution in [3.8, 4) is 5.75 Å². The van der Waals surface area contributed by atoms with E-state index in [2.05, 4.69) is 5.32 Å². The first-order chi connectivity index (χ1) is 9.91. The molecule has 2 aromatic rings. The summed E-state index contributed by atoms with van der Waals surface area (Å²) in [6.07, 6.45) is 0. The number of phenolic OH excluding ortho intramolecular Hbond substituents is 1. The lowest BCUT2D eigenvalue weighted by Gasteiger charge is -2.11. The molecule has 0 spiro atoms. The molecule has 0 aromatic heterocycles. The summed E-state index contributed by atoms with van der Waals surface area (Å²) in [5.41, 5.74) is -1.00. The average molecular weight is 310 g/mol. The van der Waals surface area contributed by atoms with Crippen LogP contribution < -0.4 is 5.32 Å². The van der Waals surface area contributed by atoms with Gasteiger partial charge in [0.15, 0.2) is 0 Å². The highest BCUT2D eigenvalue weighted by atomic mass is 35.5. The number of carbonyl (C=O) groups excluding carboxylic acids is 1. The highest BCUT2D eigenvalue weighted by Crippen LogP contribution is 2.28. The molecule has 2 rings (SSSR count). The number of hydrogen-bond donors (Lipinski definition) is 3. The molecule has 0 radical (unpaired) electrons. The quantitative estimate of drug-likeness (QED) is 0.813. The van der Waals surface area contributed by atoms with Gasteiger partial charge < -0.3 is 15.5 Å². The van der Waals surface area contributed by atoms with Crippen molar-refractivity contribution in [3.05, 3.63) is 58.4 Å². The van der Waals surface area contributed by atoms with E-state index in [4.69, 9.17) is 16.7 Å². The SMILES string of the molecule is O=C(O)c1cccc(Cl)c1NC(=O)c1c(O)cccc1F. The maximum atomic E-state index is 13.6. The van der Waals surface area contributed by atoms with E-state index in [1.807, 2.05) is 0 Å². The number of rotatable bonds is 3. The van der Waals surface area contributed by atoms with Crippen molar-refractivity contribution in [3.63, 3.8) is 0 Å². The Balaban J connectivity index is 2.44. The van der Waals surface area contributed by atoms with Gasteiger partial charge in [0, 0.05) is 0 Å². The lowest BCUT2D eigenvalue weighted by molar-refractivity contribution is 0.0698. The largest absolute Gasteiger partial charge is 0.507 e. The first-order valence-electron chi connectivity index (χ1n) is 5.72. The molecule has 0 aliphatic heterocycles. The van der Waals surface area contributed by atoms with E-state index in [0.717, 1.165) is 12.1 Å². The highest BCUT2D eigenvalue weighted by Gasteiger charge is 2.20. The third kappa shape index (κ3) is 2.95. The Bertz CT molecular complexity index is 713. The summed E-state index contributed by atoms with van der Waals surface area (Å²) in [5, 5.41) is 20.8. The van der Waals surface area contributed by atoms with Gasteiger partial charge in [-0.2, -0.15) is 0 Å². The summed E-state index contributed by atoms with van der Waals surface area (Å²) >= 11 is 5.85. The lowest BCUT2D eigenvalue weighted by atomic mass is 10.1. The maximum Gasteiger partial charge on any atom is 0.337 e. The first kappa shape index (κ1) is 14.8. The van der Waals surface area contributed by atoms with Crippen molar-refractivity contribution < 1.29 is 24.2 Å². The van der Waals surface area contributed by atoms with E-state index in [0.29, 0.717) is 0 Å². The number of hydrogen-bond acceptors (Lipinski definition) is 3. The van der Waals surface area contributed by atoms with Crippen LogP contribution in [0.5, 0.6) is 5.75 Å². The van der Waals surface area contributed by atoms with E-state index in [1.165, 1.54) is 24.3 Å². The number of phenols is 1. The molecule has 0 bridgehead atoms. The normalized spacial score (nSPS) is 10.2. The second-order valence-corrected chi connectivity index (χ2v) is 4.46.